The number of fused-ring (bicyclic) bond motifs is 2. The van der Waals surface area contributed by atoms with Crippen molar-refractivity contribution in [2.45, 2.75) is 76.4 Å². The van der Waals surface area contributed by atoms with E-state index in [4.69, 9.17) is 26.3 Å². The van der Waals surface area contributed by atoms with Gasteiger partial charge in [0.05, 0.1) is 28.5 Å². The van der Waals surface area contributed by atoms with Gasteiger partial charge in [-0.25, -0.2) is 13.5 Å². The molecular formula is C29H32F2N6O2. The summed E-state index contributed by atoms with van der Waals surface area (Å²) < 4.78 is 37.6. The number of nitrogen functional groups attached to an aromatic ring is 1. The fraction of sp³-hybridized carbons (Fsp3) is 0.483. The highest BCUT2D eigenvalue weighted by Gasteiger charge is 2.46. The maximum atomic E-state index is 13.9. The van der Waals surface area contributed by atoms with Gasteiger partial charge in [0.2, 0.25) is 5.92 Å². The van der Waals surface area contributed by atoms with Crippen LogP contribution in [-0.4, -0.2) is 37.8 Å². The molecule has 2 saturated carbocycles. The first kappa shape index (κ1) is 24.5. The van der Waals surface area contributed by atoms with Crippen LogP contribution in [0.2, 0.25) is 0 Å². The van der Waals surface area contributed by atoms with Gasteiger partial charge in [-0.15, -0.1) is 0 Å². The van der Waals surface area contributed by atoms with Gasteiger partial charge in [-0.3, -0.25) is 14.3 Å². The quantitative estimate of drug-likeness (QED) is 0.338. The number of hydrogen-bond acceptors (Lipinski definition) is 5. The number of alkyl halides is 2. The number of aromatic nitrogens is 4. The third-order valence-corrected chi connectivity index (χ3v) is 8.66. The molecule has 1 amide bonds. The lowest BCUT2D eigenvalue weighted by Gasteiger charge is -2.35. The summed E-state index contributed by atoms with van der Waals surface area (Å²) >= 11 is 0. The predicted octanol–water partition coefficient (Wildman–Crippen LogP) is 5.53. The molecule has 4 N–H and O–H groups in total. The minimum atomic E-state index is -2.62. The first-order valence-electron chi connectivity index (χ1n) is 13.8. The van der Waals surface area contributed by atoms with Crippen molar-refractivity contribution < 1.29 is 18.3 Å². The molecule has 0 radical (unpaired) electrons. The number of hydrogen-bond donors (Lipinski definition) is 2. The third-order valence-electron chi connectivity index (χ3n) is 8.66. The smallest absolute Gasteiger partial charge is 0.253 e. The minimum absolute atomic E-state index is 0.144. The summed E-state index contributed by atoms with van der Waals surface area (Å²) in [5.41, 5.74) is 18.0. The number of nitrogens with two attached hydrogens (primary N) is 2. The Bertz CT molecular complexity index is 1620. The number of amides is 1. The predicted molar refractivity (Wildman–Crippen MR) is 144 cm³/mol. The molecule has 0 bridgehead atoms. The number of carbonyl (C=O) groups excluding carboxylic acids is 1. The number of carbonyl (C=O) groups is 1. The van der Waals surface area contributed by atoms with E-state index in [0.29, 0.717) is 18.4 Å². The normalized spacial score (nSPS) is 21.5. The van der Waals surface area contributed by atoms with Crippen molar-refractivity contribution in [1.29, 1.82) is 0 Å². The molecule has 1 aliphatic heterocycles. The van der Waals surface area contributed by atoms with Crippen LogP contribution in [0.15, 0.2) is 24.5 Å². The summed E-state index contributed by atoms with van der Waals surface area (Å²) in [4.78, 5) is 17.5. The molecule has 2 aliphatic carbocycles. The Hall–Kier alpha value is -3.53. The van der Waals surface area contributed by atoms with E-state index in [1.807, 2.05) is 34.5 Å². The first-order valence-corrected chi connectivity index (χ1v) is 13.8. The molecule has 1 saturated heterocycles. The van der Waals surface area contributed by atoms with Crippen molar-refractivity contribution in [3.8, 4) is 5.69 Å². The second-order valence-corrected chi connectivity index (χ2v) is 11.5. The van der Waals surface area contributed by atoms with Crippen LogP contribution in [0.5, 0.6) is 0 Å². The number of halogens is 2. The second-order valence-electron chi connectivity index (χ2n) is 11.5. The number of anilines is 1. The van der Waals surface area contributed by atoms with E-state index in [2.05, 4.69) is 0 Å². The van der Waals surface area contributed by atoms with E-state index < -0.39 is 11.8 Å². The second kappa shape index (κ2) is 8.74. The number of nitrogens with zero attached hydrogens (tertiary/aromatic N) is 4. The van der Waals surface area contributed by atoms with E-state index >= 15 is 0 Å². The zero-order valence-electron chi connectivity index (χ0n) is 21.9. The highest BCUT2D eigenvalue weighted by molar-refractivity contribution is 6.13. The van der Waals surface area contributed by atoms with Gasteiger partial charge >= 0.3 is 0 Å². The Morgan fingerprint density at radius 2 is 1.95 bits per heavy atom. The average Bonchev–Trinajstić information content (AvgIpc) is 3.56. The van der Waals surface area contributed by atoms with Gasteiger partial charge in [-0.05, 0) is 68.6 Å². The summed E-state index contributed by atoms with van der Waals surface area (Å²) in [6.45, 7) is 2.69. The maximum Gasteiger partial charge on any atom is 0.253 e. The molecule has 3 fully saturated rings. The van der Waals surface area contributed by atoms with E-state index in [9.17, 15) is 13.6 Å². The topological polar surface area (TPSA) is 114 Å². The van der Waals surface area contributed by atoms with E-state index in [0.717, 1.165) is 71.0 Å². The molecule has 1 atom stereocenters. The minimum Gasteiger partial charge on any atom is -0.384 e. The Balaban J connectivity index is 1.49. The molecule has 7 rings (SSSR count). The number of primary amides is 1. The van der Waals surface area contributed by atoms with Crippen molar-refractivity contribution in [3.05, 3.63) is 46.9 Å². The van der Waals surface area contributed by atoms with Gasteiger partial charge < -0.3 is 16.2 Å². The number of pyridine rings is 1. The van der Waals surface area contributed by atoms with Crippen LogP contribution >= 0.6 is 0 Å². The maximum absolute atomic E-state index is 13.9. The molecule has 1 aromatic carbocycles. The van der Waals surface area contributed by atoms with Gasteiger partial charge in [0.1, 0.15) is 5.82 Å². The zero-order chi connectivity index (χ0) is 27.1. The van der Waals surface area contributed by atoms with Crippen LogP contribution in [0, 0.1) is 12.8 Å². The van der Waals surface area contributed by atoms with Gasteiger partial charge in [-0.1, -0.05) is 6.07 Å². The van der Waals surface area contributed by atoms with Crippen molar-refractivity contribution in [1.82, 2.24) is 19.3 Å². The third kappa shape index (κ3) is 3.91. The molecule has 204 valence electrons. The molecule has 4 heterocycles. The molecule has 0 spiro atoms. The molecule has 10 heteroatoms. The van der Waals surface area contributed by atoms with E-state index in [1.165, 1.54) is 0 Å². The Morgan fingerprint density at radius 3 is 2.62 bits per heavy atom. The van der Waals surface area contributed by atoms with E-state index in [-0.39, 0.29) is 42.3 Å². The molecule has 39 heavy (non-hydrogen) atoms. The van der Waals surface area contributed by atoms with Crippen molar-refractivity contribution in [2.24, 2.45) is 11.7 Å². The van der Waals surface area contributed by atoms with Gasteiger partial charge in [0.25, 0.3) is 5.91 Å². The standard InChI is InChI=1S/C29H32F2N6O2/c1-15-5-8-21-19(14-35-37(21)22-4-2-3-9-39-22)25(15)36-26-18(10-16-11-29(30,31)12-16)24(17-6-7-17)34-13-20(26)23(27(36)32)28(33)38/h5,8,13-14,16-17,22H,2-4,6-7,9-12,32H2,1H3,(H2,33,38). The summed E-state index contributed by atoms with van der Waals surface area (Å²) in [5, 5.41) is 6.14. The highest BCUT2D eigenvalue weighted by Crippen LogP contribution is 2.49. The highest BCUT2D eigenvalue weighted by atomic mass is 19.3. The fourth-order valence-corrected chi connectivity index (χ4v) is 6.64. The number of aryl methyl sites for hydroxylation is 1. The van der Waals surface area contributed by atoms with Crippen LogP contribution < -0.4 is 11.5 Å². The molecule has 1 unspecified atom stereocenters. The molecule has 4 aromatic rings. The number of rotatable bonds is 6. The number of ether oxygens (including phenoxy) is 1. The van der Waals surface area contributed by atoms with Crippen LogP contribution in [0.25, 0.3) is 27.5 Å². The molecule has 8 nitrogen and oxygen atoms in total. The fourth-order valence-electron chi connectivity index (χ4n) is 6.64. The largest absolute Gasteiger partial charge is 0.384 e. The van der Waals surface area contributed by atoms with Crippen molar-refractivity contribution in [2.75, 3.05) is 12.3 Å². The summed E-state index contributed by atoms with van der Waals surface area (Å²) in [7, 11) is 0. The van der Waals surface area contributed by atoms with Crippen molar-refractivity contribution in [3.63, 3.8) is 0 Å². The Kier molecular flexibility index (Phi) is 5.49. The van der Waals surface area contributed by atoms with E-state index in [1.54, 1.807) is 6.20 Å². The zero-order valence-corrected chi connectivity index (χ0v) is 21.9. The monoisotopic (exact) mass is 534 g/mol. The Labute approximate surface area is 224 Å². The van der Waals surface area contributed by atoms with Gasteiger partial charge in [0, 0.05) is 48.0 Å². The lowest BCUT2D eigenvalue weighted by Crippen LogP contribution is -2.36. The van der Waals surface area contributed by atoms with Crippen molar-refractivity contribution >= 4 is 33.5 Å². The number of benzene rings is 1. The van der Waals surface area contributed by atoms with Crippen LogP contribution in [-0.2, 0) is 11.2 Å². The Morgan fingerprint density at radius 1 is 1.15 bits per heavy atom. The SMILES string of the molecule is Cc1ccc2c(cnn2C2CCCCO2)c1-n1c(N)c(C(N)=O)c2cnc(C3CC3)c(CC3CC(F)(F)C3)c21. The van der Waals surface area contributed by atoms with Gasteiger partial charge in [-0.2, -0.15) is 5.10 Å². The molecule has 3 aromatic heterocycles. The van der Waals surface area contributed by atoms with Gasteiger partial charge in [0.15, 0.2) is 6.23 Å². The lowest BCUT2D eigenvalue weighted by molar-refractivity contribution is -0.109. The molecular weight excluding hydrogens is 502 g/mol. The van der Waals surface area contributed by atoms with Crippen LogP contribution in [0.3, 0.4) is 0 Å². The summed E-state index contributed by atoms with van der Waals surface area (Å²) in [5.74, 6) is -2.91. The average molecular weight is 535 g/mol. The summed E-state index contributed by atoms with van der Waals surface area (Å²) in [6, 6.07) is 4.05. The van der Waals surface area contributed by atoms with Crippen LogP contribution in [0.4, 0.5) is 14.6 Å². The van der Waals surface area contributed by atoms with Crippen LogP contribution in [0.1, 0.15) is 84.3 Å². The molecule has 3 aliphatic rings. The summed E-state index contributed by atoms with van der Waals surface area (Å²) in [6.07, 6.45) is 8.53. The first-order chi connectivity index (χ1) is 18.7. The lowest BCUT2D eigenvalue weighted by atomic mass is 9.77.